The summed E-state index contributed by atoms with van der Waals surface area (Å²) < 4.78 is 19.3. The van der Waals surface area contributed by atoms with Gasteiger partial charge in [-0.25, -0.2) is 4.39 Å². The second kappa shape index (κ2) is 6.66. The van der Waals surface area contributed by atoms with Crippen molar-refractivity contribution in [1.29, 1.82) is 0 Å². The van der Waals surface area contributed by atoms with Crippen molar-refractivity contribution in [2.45, 2.75) is 63.1 Å². The van der Waals surface area contributed by atoms with Gasteiger partial charge < -0.3 is 4.74 Å². The van der Waals surface area contributed by atoms with Crippen molar-refractivity contribution < 1.29 is 9.13 Å². The van der Waals surface area contributed by atoms with Gasteiger partial charge in [-0.2, -0.15) is 0 Å². The molecule has 1 saturated heterocycles. The Hall–Kier alpha value is -0.600. The van der Waals surface area contributed by atoms with Crippen molar-refractivity contribution in [3.8, 4) is 0 Å². The van der Waals surface area contributed by atoms with Gasteiger partial charge >= 0.3 is 0 Å². The lowest BCUT2D eigenvalue weighted by Gasteiger charge is -2.25. The molecule has 0 radical (unpaired) electrons. The zero-order valence-electron chi connectivity index (χ0n) is 12.5. The molecule has 116 valence electrons. The normalized spacial score (nSPS) is 25.5. The Labute approximate surface area is 131 Å². The first-order valence-electron chi connectivity index (χ1n) is 8.17. The van der Waals surface area contributed by atoms with Gasteiger partial charge in [0.05, 0.1) is 11.7 Å². The van der Waals surface area contributed by atoms with Gasteiger partial charge in [0.25, 0.3) is 0 Å². The Morgan fingerprint density at radius 2 is 1.90 bits per heavy atom. The summed E-state index contributed by atoms with van der Waals surface area (Å²) in [5.74, 6) is 0.881. The zero-order valence-corrected chi connectivity index (χ0v) is 13.2. The highest BCUT2D eigenvalue weighted by Gasteiger charge is 2.42. The van der Waals surface area contributed by atoms with Gasteiger partial charge in [0.2, 0.25) is 0 Å². The Kier molecular flexibility index (Phi) is 4.85. The van der Waals surface area contributed by atoms with E-state index in [0.717, 1.165) is 18.4 Å². The molecule has 0 amide bonds. The fraction of sp³-hybridized carbons (Fsp3) is 0.667. The summed E-state index contributed by atoms with van der Waals surface area (Å²) in [6, 6.07) is 6.78. The number of alkyl halides is 1. The third-order valence-corrected chi connectivity index (χ3v) is 5.54. The van der Waals surface area contributed by atoms with Crippen LogP contribution in [0.25, 0.3) is 0 Å². The van der Waals surface area contributed by atoms with Crippen LogP contribution in [0, 0.1) is 11.7 Å². The van der Waals surface area contributed by atoms with Crippen molar-refractivity contribution in [2.75, 3.05) is 5.88 Å². The number of benzene rings is 1. The molecule has 1 saturated carbocycles. The maximum absolute atomic E-state index is 13.0. The minimum Gasteiger partial charge on any atom is -0.372 e. The highest BCUT2D eigenvalue weighted by atomic mass is 35.5. The highest BCUT2D eigenvalue weighted by molar-refractivity contribution is 6.18. The van der Waals surface area contributed by atoms with E-state index in [9.17, 15) is 4.39 Å². The molecule has 0 N–H and O–H groups in total. The molecule has 21 heavy (non-hydrogen) atoms. The van der Waals surface area contributed by atoms with Gasteiger partial charge in [-0.1, -0.05) is 25.0 Å². The van der Waals surface area contributed by atoms with Crippen LogP contribution in [0.15, 0.2) is 24.3 Å². The second-order valence-electron chi connectivity index (χ2n) is 6.76. The van der Waals surface area contributed by atoms with Gasteiger partial charge in [-0.3, -0.25) is 0 Å². The number of halogens is 2. The van der Waals surface area contributed by atoms with E-state index >= 15 is 0 Å². The molecule has 1 nitrogen and oxygen atoms in total. The third kappa shape index (κ3) is 3.78. The van der Waals surface area contributed by atoms with Crippen LogP contribution in [0.5, 0.6) is 0 Å². The second-order valence-corrected chi connectivity index (χ2v) is 7.06. The van der Waals surface area contributed by atoms with Crippen LogP contribution in [-0.2, 0) is 11.2 Å². The van der Waals surface area contributed by atoms with Crippen LogP contribution in [0.2, 0.25) is 0 Å². The molecule has 1 aliphatic carbocycles. The predicted octanol–water partition coefficient (Wildman–Crippen LogP) is 5.11. The SMILES string of the molecule is Fc1ccc(CC(CCl)CC2CCC3(CCCC3)O2)cc1. The van der Waals surface area contributed by atoms with Gasteiger partial charge in [-0.05, 0) is 62.1 Å². The van der Waals surface area contributed by atoms with Crippen LogP contribution in [0.1, 0.15) is 50.5 Å². The van der Waals surface area contributed by atoms with Gasteiger partial charge in [-0.15, -0.1) is 11.6 Å². The van der Waals surface area contributed by atoms with E-state index in [1.54, 1.807) is 0 Å². The monoisotopic (exact) mass is 310 g/mol. The summed E-state index contributed by atoms with van der Waals surface area (Å²) in [6.45, 7) is 0. The molecule has 1 heterocycles. The molecule has 3 rings (SSSR count). The Morgan fingerprint density at radius 1 is 1.19 bits per heavy atom. The smallest absolute Gasteiger partial charge is 0.123 e. The first-order chi connectivity index (χ1) is 10.2. The number of ether oxygens (including phenoxy) is 1. The van der Waals surface area contributed by atoms with Crippen molar-refractivity contribution in [2.24, 2.45) is 5.92 Å². The van der Waals surface area contributed by atoms with Crippen LogP contribution >= 0.6 is 11.6 Å². The van der Waals surface area contributed by atoms with Crippen molar-refractivity contribution in [3.05, 3.63) is 35.6 Å². The van der Waals surface area contributed by atoms with Crippen molar-refractivity contribution >= 4 is 11.6 Å². The van der Waals surface area contributed by atoms with Crippen LogP contribution in [0.4, 0.5) is 4.39 Å². The Balaban J connectivity index is 1.54. The molecule has 0 bridgehead atoms. The number of hydrogen-bond acceptors (Lipinski definition) is 1. The molecule has 3 heteroatoms. The molecule has 2 fully saturated rings. The van der Waals surface area contributed by atoms with Crippen LogP contribution in [0.3, 0.4) is 0 Å². The van der Waals surface area contributed by atoms with E-state index < -0.39 is 0 Å². The maximum Gasteiger partial charge on any atom is 0.123 e. The Morgan fingerprint density at radius 3 is 2.57 bits per heavy atom. The first kappa shape index (κ1) is 15.3. The van der Waals surface area contributed by atoms with Crippen molar-refractivity contribution in [3.63, 3.8) is 0 Å². The standard InChI is InChI=1S/C18H24ClFO/c19-13-15(11-14-3-5-16(20)6-4-14)12-17-7-10-18(21-17)8-1-2-9-18/h3-6,15,17H,1-2,7-13H2. The number of hydrogen-bond donors (Lipinski definition) is 0. The van der Waals surface area contributed by atoms with E-state index in [1.165, 1.54) is 50.7 Å². The topological polar surface area (TPSA) is 9.23 Å². The summed E-state index contributed by atoms with van der Waals surface area (Å²) in [5.41, 5.74) is 1.37. The lowest BCUT2D eigenvalue weighted by atomic mass is 9.93. The van der Waals surface area contributed by atoms with Crippen molar-refractivity contribution in [1.82, 2.24) is 0 Å². The zero-order chi connectivity index (χ0) is 14.7. The lowest BCUT2D eigenvalue weighted by Crippen LogP contribution is -2.26. The molecule has 1 aliphatic heterocycles. The van der Waals surface area contributed by atoms with Crippen LogP contribution in [-0.4, -0.2) is 17.6 Å². The average molecular weight is 311 g/mol. The molecule has 1 aromatic carbocycles. The number of rotatable bonds is 5. The van der Waals surface area contributed by atoms with E-state index in [4.69, 9.17) is 16.3 Å². The van der Waals surface area contributed by atoms with Gasteiger partial charge in [0.1, 0.15) is 5.82 Å². The molecule has 1 spiro atoms. The molecule has 2 unspecified atom stereocenters. The molecule has 0 aromatic heterocycles. The average Bonchev–Trinajstić information content (AvgIpc) is 3.11. The largest absolute Gasteiger partial charge is 0.372 e. The van der Waals surface area contributed by atoms with E-state index in [1.807, 2.05) is 12.1 Å². The summed E-state index contributed by atoms with van der Waals surface area (Å²) in [4.78, 5) is 0. The molecular formula is C18H24ClFO. The van der Waals surface area contributed by atoms with E-state index in [2.05, 4.69) is 0 Å². The Bertz CT molecular complexity index is 453. The summed E-state index contributed by atoms with van der Waals surface area (Å²) in [7, 11) is 0. The van der Waals surface area contributed by atoms with Gasteiger partial charge in [0, 0.05) is 5.88 Å². The lowest BCUT2D eigenvalue weighted by molar-refractivity contribution is -0.0432. The minimum atomic E-state index is -0.177. The van der Waals surface area contributed by atoms with E-state index in [0.29, 0.717) is 17.9 Å². The fourth-order valence-corrected chi connectivity index (χ4v) is 4.21. The molecule has 2 aliphatic rings. The fourth-order valence-electron chi connectivity index (χ4n) is 3.98. The third-order valence-electron chi connectivity index (χ3n) is 5.11. The molecule has 1 aromatic rings. The molecule has 2 atom stereocenters. The first-order valence-corrected chi connectivity index (χ1v) is 8.71. The summed E-state index contributed by atoms with van der Waals surface area (Å²) >= 11 is 6.15. The minimum absolute atomic E-state index is 0.177. The summed E-state index contributed by atoms with van der Waals surface area (Å²) in [5, 5.41) is 0. The maximum atomic E-state index is 13.0. The molecular weight excluding hydrogens is 287 g/mol. The quantitative estimate of drug-likeness (QED) is 0.687. The van der Waals surface area contributed by atoms with Crippen LogP contribution < -0.4 is 0 Å². The van der Waals surface area contributed by atoms with E-state index in [-0.39, 0.29) is 11.4 Å². The predicted molar refractivity (Wildman–Crippen MR) is 84.2 cm³/mol. The highest BCUT2D eigenvalue weighted by Crippen LogP contribution is 2.44. The van der Waals surface area contributed by atoms with Gasteiger partial charge in [0.15, 0.2) is 0 Å². The summed E-state index contributed by atoms with van der Waals surface area (Å²) in [6.07, 6.45) is 9.84.